The van der Waals surface area contributed by atoms with Crippen LogP contribution >= 0.6 is 0 Å². The van der Waals surface area contributed by atoms with Crippen LogP contribution in [0, 0.1) is 0 Å². The Morgan fingerprint density at radius 1 is 1.12 bits per heavy atom. The Balaban J connectivity index is 1.84. The Bertz CT molecular complexity index is 951. The second kappa shape index (κ2) is 10.2. The summed E-state index contributed by atoms with van der Waals surface area (Å²) in [6, 6.07) is 12.8. The van der Waals surface area contributed by atoms with E-state index >= 15 is 0 Å². The highest BCUT2D eigenvalue weighted by atomic mass is 19.4. The van der Waals surface area contributed by atoms with Crippen molar-refractivity contribution in [3.63, 3.8) is 0 Å². The first-order chi connectivity index (χ1) is 16.0. The summed E-state index contributed by atoms with van der Waals surface area (Å²) >= 11 is 0. The van der Waals surface area contributed by atoms with Crippen molar-refractivity contribution in [1.82, 2.24) is 0 Å². The van der Waals surface area contributed by atoms with E-state index in [1.165, 1.54) is 31.4 Å². The zero-order valence-electron chi connectivity index (χ0n) is 19.3. The Kier molecular flexibility index (Phi) is 7.74. The molecule has 2 aromatic carbocycles. The normalized spacial score (nSPS) is 20.3. The molecular weight excluding hydrogens is 455 g/mol. The molecule has 2 aromatic rings. The van der Waals surface area contributed by atoms with Gasteiger partial charge < -0.3 is 29.0 Å². The molecule has 10 heteroatoms. The van der Waals surface area contributed by atoms with Crippen LogP contribution in [0.1, 0.15) is 19.4 Å². The third-order valence-electron chi connectivity index (χ3n) is 5.49. The molecule has 3 rings (SSSR count). The Labute approximate surface area is 196 Å². The standard InChI is InChI=1S/C24H28F3NO6/c1-22(2)33-15-20(34-22)19(28-17-10-12-18(30-3)13-11-17)14-32-21(29)23(31-4,24(25,26)27)16-8-6-5-7-9-16/h5-13,19-20,28H,14-15H2,1-4H3/t19-,20-,23-/m1/s1. The van der Waals surface area contributed by atoms with E-state index in [1.807, 2.05) is 0 Å². The van der Waals surface area contributed by atoms with E-state index in [2.05, 4.69) is 5.32 Å². The summed E-state index contributed by atoms with van der Waals surface area (Å²) in [5.41, 5.74) is -3.02. The molecule has 0 amide bonds. The predicted octanol–water partition coefficient (Wildman–Crippen LogP) is 4.27. The number of anilines is 1. The van der Waals surface area contributed by atoms with Crippen molar-refractivity contribution in [2.75, 3.05) is 32.8 Å². The minimum absolute atomic E-state index is 0.158. The summed E-state index contributed by atoms with van der Waals surface area (Å²) in [6.45, 7) is 3.17. The fourth-order valence-electron chi connectivity index (χ4n) is 3.71. The van der Waals surface area contributed by atoms with Gasteiger partial charge in [-0.05, 0) is 38.1 Å². The molecule has 0 aromatic heterocycles. The van der Waals surface area contributed by atoms with E-state index in [0.29, 0.717) is 11.4 Å². The molecule has 0 saturated carbocycles. The first kappa shape index (κ1) is 25.8. The zero-order valence-corrected chi connectivity index (χ0v) is 19.3. The highest BCUT2D eigenvalue weighted by molar-refractivity contribution is 5.82. The SMILES string of the molecule is COc1ccc(N[C@H](COC(=O)[C@](OC)(c2ccccc2)C(F)(F)F)[C@H]2COC(C)(C)O2)cc1. The van der Waals surface area contributed by atoms with Gasteiger partial charge >= 0.3 is 12.1 Å². The molecule has 0 unspecified atom stereocenters. The maximum atomic E-state index is 14.2. The molecule has 1 aliphatic rings. The van der Waals surface area contributed by atoms with Gasteiger partial charge in [-0.2, -0.15) is 13.2 Å². The lowest BCUT2D eigenvalue weighted by Crippen LogP contribution is -2.53. The van der Waals surface area contributed by atoms with Crippen LogP contribution in [0.4, 0.5) is 18.9 Å². The largest absolute Gasteiger partial charge is 0.497 e. The Morgan fingerprint density at radius 3 is 2.26 bits per heavy atom. The molecule has 0 spiro atoms. The number of carbonyl (C=O) groups excluding carboxylic acids is 1. The van der Waals surface area contributed by atoms with Gasteiger partial charge in [0, 0.05) is 18.4 Å². The zero-order chi connectivity index (χ0) is 25.0. The fourth-order valence-corrected chi connectivity index (χ4v) is 3.71. The number of hydrogen-bond donors (Lipinski definition) is 1. The summed E-state index contributed by atoms with van der Waals surface area (Å²) in [6.07, 6.45) is -5.65. The number of hydrogen-bond acceptors (Lipinski definition) is 7. The minimum Gasteiger partial charge on any atom is -0.497 e. The van der Waals surface area contributed by atoms with E-state index in [-0.39, 0.29) is 12.2 Å². The van der Waals surface area contributed by atoms with Crippen LogP contribution in [0.25, 0.3) is 0 Å². The van der Waals surface area contributed by atoms with Crippen LogP contribution < -0.4 is 10.1 Å². The number of halogens is 3. The van der Waals surface area contributed by atoms with Crippen molar-refractivity contribution in [2.45, 2.75) is 43.6 Å². The van der Waals surface area contributed by atoms with E-state index in [9.17, 15) is 18.0 Å². The molecule has 34 heavy (non-hydrogen) atoms. The molecule has 7 nitrogen and oxygen atoms in total. The second-order valence-electron chi connectivity index (χ2n) is 8.19. The number of benzene rings is 2. The van der Waals surface area contributed by atoms with Crippen molar-refractivity contribution in [3.8, 4) is 5.75 Å². The van der Waals surface area contributed by atoms with Crippen molar-refractivity contribution in [1.29, 1.82) is 0 Å². The molecule has 1 aliphatic heterocycles. The van der Waals surface area contributed by atoms with Crippen LogP contribution in [-0.2, 0) is 29.3 Å². The van der Waals surface area contributed by atoms with Gasteiger partial charge in [-0.3, -0.25) is 0 Å². The van der Waals surface area contributed by atoms with E-state index < -0.39 is 42.3 Å². The Hall–Kier alpha value is -2.82. The molecular formula is C24H28F3NO6. The monoisotopic (exact) mass is 483 g/mol. The average Bonchev–Trinajstić information content (AvgIpc) is 3.17. The maximum absolute atomic E-state index is 14.2. The van der Waals surface area contributed by atoms with Gasteiger partial charge in [0.05, 0.1) is 19.8 Å². The van der Waals surface area contributed by atoms with E-state index in [4.69, 9.17) is 23.7 Å². The van der Waals surface area contributed by atoms with Crippen molar-refractivity contribution >= 4 is 11.7 Å². The molecule has 3 atom stereocenters. The number of esters is 1. The summed E-state index contributed by atoms with van der Waals surface area (Å²) in [5, 5.41) is 3.15. The molecule has 0 aliphatic carbocycles. The lowest BCUT2D eigenvalue weighted by Gasteiger charge is -2.33. The van der Waals surface area contributed by atoms with Crippen LogP contribution in [0.2, 0.25) is 0 Å². The second-order valence-corrected chi connectivity index (χ2v) is 8.19. The molecule has 0 bridgehead atoms. The first-order valence-electron chi connectivity index (χ1n) is 10.6. The number of rotatable bonds is 9. The smallest absolute Gasteiger partial charge is 0.432 e. The van der Waals surface area contributed by atoms with Crippen LogP contribution in [0.15, 0.2) is 54.6 Å². The Morgan fingerprint density at radius 2 is 1.76 bits per heavy atom. The van der Waals surface area contributed by atoms with Crippen LogP contribution in [0.3, 0.4) is 0 Å². The number of carbonyl (C=O) groups is 1. The van der Waals surface area contributed by atoms with E-state index in [1.54, 1.807) is 44.2 Å². The third-order valence-corrected chi connectivity index (χ3v) is 5.49. The first-order valence-corrected chi connectivity index (χ1v) is 10.6. The minimum atomic E-state index is -5.06. The average molecular weight is 483 g/mol. The van der Waals surface area contributed by atoms with Gasteiger partial charge in [0.25, 0.3) is 5.60 Å². The van der Waals surface area contributed by atoms with Crippen molar-refractivity contribution in [2.24, 2.45) is 0 Å². The van der Waals surface area contributed by atoms with Gasteiger partial charge in [0.15, 0.2) is 5.79 Å². The highest BCUT2D eigenvalue weighted by Gasteiger charge is 2.64. The molecule has 0 radical (unpaired) electrons. The summed E-state index contributed by atoms with van der Waals surface area (Å²) in [4.78, 5) is 12.9. The third kappa shape index (κ3) is 5.45. The van der Waals surface area contributed by atoms with Crippen LogP contribution in [0.5, 0.6) is 5.75 Å². The topological polar surface area (TPSA) is 75.3 Å². The number of alkyl halides is 3. The quantitative estimate of drug-likeness (QED) is 0.534. The lowest BCUT2D eigenvalue weighted by atomic mass is 9.92. The number of ether oxygens (including phenoxy) is 5. The lowest BCUT2D eigenvalue weighted by molar-refractivity contribution is -0.276. The van der Waals surface area contributed by atoms with Crippen molar-refractivity contribution in [3.05, 3.63) is 60.2 Å². The summed E-state index contributed by atoms with van der Waals surface area (Å²) < 4.78 is 69.1. The number of methoxy groups -OCH3 is 2. The van der Waals surface area contributed by atoms with Gasteiger partial charge in [-0.1, -0.05) is 30.3 Å². The maximum Gasteiger partial charge on any atom is 0.432 e. The summed E-state index contributed by atoms with van der Waals surface area (Å²) in [7, 11) is 2.36. The van der Waals surface area contributed by atoms with Gasteiger partial charge in [0.1, 0.15) is 18.5 Å². The van der Waals surface area contributed by atoms with E-state index in [0.717, 1.165) is 7.11 Å². The van der Waals surface area contributed by atoms with Gasteiger partial charge in [-0.25, -0.2) is 4.79 Å². The molecule has 1 N–H and O–H groups in total. The molecule has 1 heterocycles. The van der Waals surface area contributed by atoms with Gasteiger partial charge in [-0.15, -0.1) is 0 Å². The predicted molar refractivity (Wildman–Crippen MR) is 117 cm³/mol. The fraction of sp³-hybridized carbons (Fsp3) is 0.458. The summed E-state index contributed by atoms with van der Waals surface area (Å²) in [5.74, 6) is -1.83. The molecule has 186 valence electrons. The number of nitrogens with one attached hydrogen (secondary N) is 1. The molecule has 1 saturated heterocycles. The highest BCUT2D eigenvalue weighted by Crippen LogP contribution is 2.43. The van der Waals surface area contributed by atoms with Crippen LogP contribution in [-0.4, -0.2) is 57.5 Å². The van der Waals surface area contributed by atoms with Crippen molar-refractivity contribution < 1.29 is 41.7 Å². The molecule has 1 fully saturated rings. The van der Waals surface area contributed by atoms with Gasteiger partial charge in [0.2, 0.25) is 0 Å².